The number of benzene rings is 2. The van der Waals surface area contributed by atoms with Gasteiger partial charge in [-0.1, -0.05) is 36.7 Å². The Labute approximate surface area is 349 Å². The predicted molar refractivity (Wildman–Crippen MR) is 229 cm³/mol. The summed E-state index contributed by atoms with van der Waals surface area (Å²) >= 11 is 10.5. The number of ether oxygens (including phenoxy) is 3. The summed E-state index contributed by atoms with van der Waals surface area (Å²) in [6, 6.07) is 11.6. The van der Waals surface area contributed by atoms with Gasteiger partial charge in [-0.25, -0.2) is 4.21 Å². The molecule has 1 unspecified atom stereocenters. The zero-order valence-corrected chi connectivity index (χ0v) is 36.2. The van der Waals surface area contributed by atoms with Crippen LogP contribution in [0.25, 0.3) is 0 Å². The van der Waals surface area contributed by atoms with Gasteiger partial charge in [0.2, 0.25) is 5.88 Å². The first kappa shape index (κ1) is 40.6. The van der Waals surface area contributed by atoms with Crippen molar-refractivity contribution in [1.82, 2.24) is 14.5 Å². The van der Waals surface area contributed by atoms with E-state index in [0.29, 0.717) is 31.2 Å². The van der Waals surface area contributed by atoms with Crippen molar-refractivity contribution in [3.05, 3.63) is 82.0 Å². The molecular formula is C42H52ClN5O6S3. The van der Waals surface area contributed by atoms with Crippen LogP contribution >= 0.6 is 35.1 Å². The highest BCUT2D eigenvalue weighted by Crippen LogP contribution is 2.54. The second kappa shape index (κ2) is 16.5. The number of nitrogens with zero attached hydrogens (tertiary/aromatic N) is 4. The minimum Gasteiger partial charge on any atom is -0.490 e. The largest absolute Gasteiger partial charge is 0.490 e. The van der Waals surface area contributed by atoms with Gasteiger partial charge in [0.25, 0.3) is 11.8 Å². The Morgan fingerprint density at radius 2 is 1.95 bits per heavy atom. The summed E-state index contributed by atoms with van der Waals surface area (Å²) in [7, 11) is 1.30. The van der Waals surface area contributed by atoms with Gasteiger partial charge in [-0.15, -0.1) is 33.0 Å². The molecule has 3 aromatic rings. The molecule has 2 amide bonds. The van der Waals surface area contributed by atoms with Gasteiger partial charge in [0.05, 0.1) is 29.7 Å². The lowest BCUT2D eigenvalue weighted by Crippen LogP contribution is -2.56. The highest BCUT2D eigenvalue weighted by atomic mass is 35.5. The third kappa shape index (κ3) is 7.97. The van der Waals surface area contributed by atoms with Crippen LogP contribution in [0.4, 0.5) is 5.69 Å². The van der Waals surface area contributed by atoms with E-state index >= 15 is 0 Å². The van der Waals surface area contributed by atoms with E-state index < -0.39 is 27.3 Å². The smallest absolute Gasteiger partial charge is 0.286 e. The number of hydrogen-bond donors (Lipinski definition) is 1. The molecule has 3 aliphatic heterocycles. The molecule has 2 fully saturated rings. The summed E-state index contributed by atoms with van der Waals surface area (Å²) < 4.78 is 42.4. The number of halogens is 1. The van der Waals surface area contributed by atoms with E-state index in [9.17, 15) is 13.8 Å². The van der Waals surface area contributed by atoms with Crippen molar-refractivity contribution in [2.45, 2.75) is 67.5 Å². The van der Waals surface area contributed by atoms with E-state index in [0.717, 1.165) is 60.9 Å². The van der Waals surface area contributed by atoms with E-state index in [1.165, 1.54) is 35.5 Å². The van der Waals surface area contributed by atoms with Crippen molar-refractivity contribution in [3.8, 4) is 11.6 Å². The lowest BCUT2D eigenvalue weighted by atomic mass is 9.64. The van der Waals surface area contributed by atoms with Crippen LogP contribution in [-0.2, 0) is 33.5 Å². The number of nitrogens with one attached hydrogen (secondary N) is 1. The summed E-state index contributed by atoms with van der Waals surface area (Å²) in [4.78, 5) is 30.4. The third-order valence-electron chi connectivity index (χ3n) is 12.4. The molecule has 1 aromatic heterocycles. The van der Waals surface area contributed by atoms with Crippen molar-refractivity contribution in [3.63, 3.8) is 0 Å². The lowest BCUT2D eigenvalue weighted by Gasteiger charge is -2.53. The van der Waals surface area contributed by atoms with E-state index in [2.05, 4.69) is 43.4 Å². The van der Waals surface area contributed by atoms with Crippen LogP contribution < -0.4 is 19.1 Å². The number of fused-ring (bicyclic) bond motifs is 4. The number of anilines is 1. The Morgan fingerprint density at radius 1 is 1.12 bits per heavy atom. The zero-order chi connectivity index (χ0) is 40.0. The van der Waals surface area contributed by atoms with Crippen LogP contribution in [0.2, 0.25) is 5.02 Å². The minimum absolute atomic E-state index is 0.0392. The summed E-state index contributed by atoms with van der Waals surface area (Å²) in [5.74, 6) is 1.98. The van der Waals surface area contributed by atoms with Gasteiger partial charge in [-0.2, -0.15) is 0 Å². The topological polar surface area (TPSA) is 124 Å². The zero-order valence-electron chi connectivity index (χ0n) is 33.0. The molecule has 11 nitrogen and oxygen atoms in total. The number of allylic oxidation sites excluding steroid dienone is 1. The normalized spacial score (nSPS) is 31.1. The molecular weight excluding hydrogens is 802 g/mol. The number of amides is 2. The van der Waals surface area contributed by atoms with Crippen LogP contribution in [-0.4, -0.2) is 87.2 Å². The van der Waals surface area contributed by atoms with E-state index in [4.69, 9.17) is 25.8 Å². The van der Waals surface area contributed by atoms with Crippen LogP contribution in [0.3, 0.4) is 0 Å². The first-order valence-electron chi connectivity index (χ1n) is 19.9. The Balaban J connectivity index is 1.24. The van der Waals surface area contributed by atoms with Gasteiger partial charge in [0.15, 0.2) is 0 Å². The number of aromatic nitrogens is 2. The number of carbonyl (C=O) groups excluding carboxylic acids is 2. The van der Waals surface area contributed by atoms with Gasteiger partial charge >= 0.3 is 0 Å². The first-order chi connectivity index (χ1) is 27.4. The summed E-state index contributed by atoms with van der Waals surface area (Å²) in [6.07, 6.45) is 12.8. The summed E-state index contributed by atoms with van der Waals surface area (Å²) in [5.41, 5.74) is 2.93. The van der Waals surface area contributed by atoms with Crippen LogP contribution in [0, 0.1) is 17.8 Å². The molecule has 1 N–H and O–H groups in total. The number of hydrogen-bond acceptors (Lipinski definition) is 10. The fourth-order valence-electron chi connectivity index (χ4n) is 9.55. The molecule has 6 atom stereocenters. The molecule has 8 rings (SSSR count). The molecule has 306 valence electrons. The number of aryl methyl sites for hydroxylation is 2. The maximum Gasteiger partial charge on any atom is 0.286 e. The van der Waals surface area contributed by atoms with Gasteiger partial charge in [0.1, 0.15) is 26.8 Å². The van der Waals surface area contributed by atoms with Gasteiger partial charge in [0, 0.05) is 49.4 Å². The van der Waals surface area contributed by atoms with E-state index in [-0.39, 0.29) is 44.6 Å². The highest BCUT2D eigenvalue weighted by Gasteiger charge is 2.53. The number of carbonyl (C=O) groups is 2. The second-order valence-electron chi connectivity index (χ2n) is 16.3. The number of rotatable bonds is 5. The van der Waals surface area contributed by atoms with Gasteiger partial charge in [-0.3, -0.25) is 19.0 Å². The molecule has 1 saturated carbocycles. The molecule has 0 radical (unpaired) electrons. The maximum atomic E-state index is 14.9. The molecule has 4 heterocycles. The van der Waals surface area contributed by atoms with Crippen molar-refractivity contribution in [2.24, 2.45) is 29.2 Å². The molecule has 1 spiro atoms. The number of thioether (sulfide) groups is 2. The average Bonchev–Trinajstić information content (AvgIpc) is 3.50. The van der Waals surface area contributed by atoms with Crippen LogP contribution in [0.15, 0.2) is 59.1 Å². The molecule has 2 aromatic carbocycles. The first-order valence-corrected chi connectivity index (χ1v) is 24.1. The highest BCUT2D eigenvalue weighted by molar-refractivity contribution is 8.17. The molecule has 2 aliphatic carbocycles. The van der Waals surface area contributed by atoms with E-state index in [1.807, 2.05) is 55.8 Å². The Bertz CT molecular complexity index is 2180. The predicted octanol–water partition coefficient (Wildman–Crippen LogP) is 7.71. The third-order valence-corrected chi connectivity index (χ3v) is 17.9. The Hall–Kier alpha value is -3.17. The Morgan fingerprint density at radius 3 is 2.70 bits per heavy atom. The van der Waals surface area contributed by atoms with Crippen LogP contribution in [0.5, 0.6) is 11.6 Å². The lowest BCUT2D eigenvalue weighted by molar-refractivity contribution is -0.0638. The quantitative estimate of drug-likeness (QED) is 0.256. The van der Waals surface area contributed by atoms with Gasteiger partial charge in [-0.05, 0) is 116 Å². The fourth-order valence-corrected chi connectivity index (χ4v) is 15.0. The fraction of sp³-hybridized carbons (Fsp3) is 0.548. The van der Waals surface area contributed by atoms with Crippen molar-refractivity contribution < 1.29 is 28.0 Å². The average molecular weight is 855 g/mol. The van der Waals surface area contributed by atoms with Gasteiger partial charge < -0.3 is 19.1 Å². The van der Waals surface area contributed by atoms with Crippen molar-refractivity contribution in [1.29, 1.82) is 0 Å². The maximum absolute atomic E-state index is 14.9. The summed E-state index contributed by atoms with van der Waals surface area (Å²) in [5, 5.41) is 4.93. The second-order valence-corrected chi connectivity index (χ2v) is 21.5. The van der Waals surface area contributed by atoms with Crippen molar-refractivity contribution >= 4 is 62.5 Å². The van der Waals surface area contributed by atoms with Crippen molar-refractivity contribution in [2.75, 3.05) is 56.1 Å². The van der Waals surface area contributed by atoms with E-state index in [1.54, 1.807) is 13.1 Å². The Kier molecular flexibility index (Phi) is 11.7. The summed E-state index contributed by atoms with van der Waals surface area (Å²) in [6.45, 7) is 3.93. The molecule has 2 bridgehead atoms. The standard InChI is InChI=1S/C42H52ClN5O6S3/c1-27-8-5-17-42(53-4,40-55-18-7-19-56-40)34-13-10-30(34)22-48-25-41(16-6-9-28-20-31(43)12-14-33(28)41)26-54-36-15-11-29(21-35(36)48)37(49)45-57(51,24-27)46-38(50)32-23-47(2)44-39(32)52-3/h5,11-12,14-15,17,20-21,23,27,30,34,40H,6-10,13,16,18-19,22,24-26H2,1-4H3,(H,45,46,49,50,51)/b17-5+/t27-,30-,34+,41-,42-,57?/m0/s1. The molecule has 57 heavy (non-hydrogen) atoms. The molecule has 15 heteroatoms. The SMILES string of the molecule is COc1nn(C)cc1C(=O)NS1(=O)=NC(=O)c2ccc3c(c2)N(C[C@@H]2CC[C@H]2[C@](OC)(C2SCCCS2)/C=C/C[C@H](C)C1)C[C@@]1(CCCc2cc(Cl)ccc21)CO3. The number of methoxy groups -OCH3 is 2. The molecule has 5 aliphatic rings. The van der Waals surface area contributed by atoms with Crippen LogP contribution in [0.1, 0.15) is 77.3 Å². The minimum atomic E-state index is -3.64. The monoisotopic (exact) mass is 853 g/mol. The molecule has 1 saturated heterocycles.